The van der Waals surface area contributed by atoms with E-state index in [1.165, 1.54) is 45.4 Å². The summed E-state index contributed by atoms with van der Waals surface area (Å²) in [6.45, 7) is 9.11. The molecule has 0 radical (unpaired) electrons. The molecule has 2 aliphatic rings. The van der Waals surface area contributed by atoms with Crippen LogP contribution in [-0.4, -0.2) is 60.6 Å². The quantitative estimate of drug-likeness (QED) is 0.722. The van der Waals surface area contributed by atoms with Crippen molar-refractivity contribution in [1.82, 2.24) is 15.1 Å². The van der Waals surface area contributed by atoms with E-state index in [1.807, 2.05) is 0 Å². The second kappa shape index (κ2) is 6.89. The van der Waals surface area contributed by atoms with E-state index in [0.717, 1.165) is 12.8 Å². The van der Waals surface area contributed by atoms with Gasteiger partial charge in [-0.05, 0) is 59.5 Å². The second-order valence-corrected chi connectivity index (χ2v) is 6.97. The van der Waals surface area contributed by atoms with Gasteiger partial charge < -0.3 is 4.90 Å². The van der Waals surface area contributed by atoms with Crippen LogP contribution in [0.5, 0.6) is 0 Å². The largest absolute Gasteiger partial charge is 0.304 e. The Morgan fingerprint density at radius 2 is 2.05 bits per heavy atom. The Morgan fingerprint density at radius 3 is 2.65 bits per heavy atom. The number of hydrogen-bond acceptors (Lipinski definition) is 4. The van der Waals surface area contributed by atoms with Crippen molar-refractivity contribution in [2.45, 2.75) is 63.6 Å². The third-order valence-corrected chi connectivity index (χ3v) is 4.69. The van der Waals surface area contributed by atoms with E-state index >= 15 is 0 Å². The van der Waals surface area contributed by atoms with E-state index < -0.39 is 0 Å². The molecule has 1 saturated carbocycles. The molecule has 0 bridgehead atoms. The molecular weight excluding hydrogens is 248 g/mol. The van der Waals surface area contributed by atoms with E-state index in [-0.39, 0.29) is 5.54 Å². The van der Waals surface area contributed by atoms with Gasteiger partial charge in [0.25, 0.3) is 0 Å². The Balaban J connectivity index is 1.64. The zero-order valence-electron chi connectivity index (χ0n) is 13.4. The molecule has 0 aromatic heterocycles. The summed E-state index contributed by atoms with van der Waals surface area (Å²) in [5.41, 5.74) is -0.311. The van der Waals surface area contributed by atoms with Crippen LogP contribution in [0.25, 0.3) is 0 Å². The Morgan fingerprint density at radius 1 is 1.30 bits per heavy atom. The minimum absolute atomic E-state index is 0.311. The summed E-state index contributed by atoms with van der Waals surface area (Å²) >= 11 is 0. The van der Waals surface area contributed by atoms with Crippen molar-refractivity contribution >= 4 is 0 Å². The number of nitrogens with one attached hydrogen (secondary N) is 1. The molecule has 2 rings (SSSR count). The van der Waals surface area contributed by atoms with Gasteiger partial charge in [-0.1, -0.05) is 0 Å². The molecule has 1 N–H and O–H groups in total. The predicted octanol–water partition coefficient (Wildman–Crippen LogP) is 1.83. The molecule has 0 spiro atoms. The molecule has 2 unspecified atom stereocenters. The van der Waals surface area contributed by atoms with Gasteiger partial charge in [0.1, 0.15) is 5.54 Å². The normalized spacial score (nSPS) is 28.0. The summed E-state index contributed by atoms with van der Waals surface area (Å²) in [6, 6.07) is 3.75. The second-order valence-electron chi connectivity index (χ2n) is 6.97. The van der Waals surface area contributed by atoms with E-state index in [4.69, 9.17) is 0 Å². The van der Waals surface area contributed by atoms with Gasteiger partial charge in [0.15, 0.2) is 0 Å². The zero-order valence-corrected chi connectivity index (χ0v) is 13.4. The number of unbranched alkanes of at least 4 members (excludes halogenated alkanes) is 1. The molecule has 0 aromatic carbocycles. The van der Waals surface area contributed by atoms with Crippen molar-refractivity contribution in [3.05, 3.63) is 0 Å². The van der Waals surface area contributed by atoms with Crippen LogP contribution in [0.2, 0.25) is 0 Å². The highest BCUT2D eigenvalue weighted by Gasteiger charge is 2.32. The summed E-state index contributed by atoms with van der Waals surface area (Å²) in [6.07, 6.45) is 5.81. The van der Waals surface area contributed by atoms with Crippen molar-refractivity contribution in [3.8, 4) is 6.07 Å². The molecule has 1 saturated heterocycles. The van der Waals surface area contributed by atoms with E-state index in [0.29, 0.717) is 12.1 Å². The zero-order chi connectivity index (χ0) is 14.6. The van der Waals surface area contributed by atoms with E-state index in [2.05, 4.69) is 42.1 Å². The molecular formula is C16H30N4. The highest BCUT2D eigenvalue weighted by molar-refractivity contribution is 5.06. The SMILES string of the molecule is CC1CN(C)CCN1CCCCC(C)(C#N)NC1CC1. The first-order valence-corrected chi connectivity index (χ1v) is 8.14. The van der Waals surface area contributed by atoms with Gasteiger partial charge in [0, 0.05) is 31.7 Å². The molecule has 20 heavy (non-hydrogen) atoms. The van der Waals surface area contributed by atoms with Crippen molar-refractivity contribution in [2.24, 2.45) is 0 Å². The van der Waals surface area contributed by atoms with Crippen LogP contribution in [-0.2, 0) is 0 Å². The lowest BCUT2D eigenvalue weighted by molar-refractivity contribution is 0.0980. The highest BCUT2D eigenvalue weighted by Crippen LogP contribution is 2.24. The van der Waals surface area contributed by atoms with Gasteiger partial charge >= 0.3 is 0 Å². The molecule has 4 heteroatoms. The fraction of sp³-hybridized carbons (Fsp3) is 0.938. The summed E-state index contributed by atoms with van der Waals surface area (Å²) in [4.78, 5) is 5.01. The number of nitrogens with zero attached hydrogens (tertiary/aromatic N) is 3. The van der Waals surface area contributed by atoms with Crippen LogP contribution in [0, 0.1) is 11.3 Å². The lowest BCUT2D eigenvalue weighted by Gasteiger charge is -2.38. The van der Waals surface area contributed by atoms with Crippen LogP contribution in [0.15, 0.2) is 0 Å². The van der Waals surface area contributed by atoms with Gasteiger partial charge in [-0.15, -0.1) is 0 Å². The van der Waals surface area contributed by atoms with Crippen molar-refractivity contribution in [3.63, 3.8) is 0 Å². The Hall–Kier alpha value is -0.630. The van der Waals surface area contributed by atoms with E-state index in [9.17, 15) is 5.26 Å². The van der Waals surface area contributed by atoms with Crippen molar-refractivity contribution in [1.29, 1.82) is 5.26 Å². The summed E-state index contributed by atoms with van der Waals surface area (Å²) in [5, 5.41) is 12.8. The number of piperazine rings is 1. The first kappa shape index (κ1) is 15.8. The smallest absolute Gasteiger partial charge is 0.104 e. The third kappa shape index (κ3) is 4.73. The molecule has 0 aromatic rings. The molecule has 1 heterocycles. The molecule has 114 valence electrons. The first-order valence-electron chi connectivity index (χ1n) is 8.14. The maximum absolute atomic E-state index is 9.35. The first-order chi connectivity index (χ1) is 9.52. The Bertz CT molecular complexity index is 347. The lowest BCUT2D eigenvalue weighted by Crippen LogP contribution is -2.50. The number of hydrogen-bond donors (Lipinski definition) is 1. The molecule has 2 fully saturated rings. The third-order valence-electron chi connectivity index (χ3n) is 4.69. The summed E-state index contributed by atoms with van der Waals surface area (Å²) < 4.78 is 0. The van der Waals surface area contributed by atoms with Crippen molar-refractivity contribution < 1.29 is 0 Å². The summed E-state index contributed by atoms with van der Waals surface area (Å²) in [5.74, 6) is 0. The fourth-order valence-electron chi connectivity index (χ4n) is 3.14. The minimum atomic E-state index is -0.311. The van der Waals surface area contributed by atoms with E-state index in [1.54, 1.807) is 0 Å². The van der Waals surface area contributed by atoms with Gasteiger partial charge in [0.2, 0.25) is 0 Å². The summed E-state index contributed by atoms with van der Waals surface area (Å²) in [7, 11) is 2.20. The maximum atomic E-state index is 9.35. The van der Waals surface area contributed by atoms with Crippen molar-refractivity contribution in [2.75, 3.05) is 33.2 Å². The average molecular weight is 278 g/mol. The Labute approximate surface area is 124 Å². The molecule has 0 amide bonds. The standard InChI is InChI=1S/C16H30N4/c1-14-12-19(3)10-11-20(14)9-5-4-8-16(2,13-17)18-15-6-7-15/h14-15,18H,4-12H2,1-3H3. The number of likely N-dealkylation sites (N-methyl/N-ethyl adjacent to an activating group) is 1. The van der Waals surface area contributed by atoms with Gasteiger partial charge in [-0.2, -0.15) is 5.26 Å². The van der Waals surface area contributed by atoms with Crippen LogP contribution in [0.1, 0.15) is 46.0 Å². The van der Waals surface area contributed by atoms with Gasteiger partial charge in [0.05, 0.1) is 6.07 Å². The van der Waals surface area contributed by atoms with Gasteiger partial charge in [-0.3, -0.25) is 10.2 Å². The molecule has 1 aliphatic carbocycles. The molecule has 1 aliphatic heterocycles. The fourth-order valence-corrected chi connectivity index (χ4v) is 3.14. The van der Waals surface area contributed by atoms with Crippen LogP contribution in [0.4, 0.5) is 0 Å². The minimum Gasteiger partial charge on any atom is -0.304 e. The highest BCUT2D eigenvalue weighted by atomic mass is 15.3. The number of rotatable bonds is 7. The monoisotopic (exact) mass is 278 g/mol. The molecule has 4 nitrogen and oxygen atoms in total. The lowest BCUT2D eigenvalue weighted by atomic mass is 9.96. The van der Waals surface area contributed by atoms with Crippen LogP contribution in [0.3, 0.4) is 0 Å². The van der Waals surface area contributed by atoms with Crippen LogP contribution < -0.4 is 5.32 Å². The molecule has 2 atom stereocenters. The Kier molecular flexibility index (Phi) is 5.42. The van der Waals surface area contributed by atoms with Crippen LogP contribution >= 0.6 is 0 Å². The number of nitriles is 1. The maximum Gasteiger partial charge on any atom is 0.104 e. The predicted molar refractivity (Wildman–Crippen MR) is 82.6 cm³/mol. The average Bonchev–Trinajstić information content (AvgIpc) is 3.20. The van der Waals surface area contributed by atoms with Gasteiger partial charge in [-0.25, -0.2) is 0 Å². The topological polar surface area (TPSA) is 42.3 Å².